The van der Waals surface area contributed by atoms with E-state index in [4.69, 9.17) is 10.00 Å². The van der Waals surface area contributed by atoms with Gasteiger partial charge in [-0.05, 0) is 20.8 Å². The molecule has 0 amide bonds. The molecule has 1 aliphatic heterocycles. The molecular formula is C8H13N3O. The van der Waals surface area contributed by atoms with Gasteiger partial charge in [-0.15, -0.1) is 4.99 Å². The normalized spacial score (nSPS) is 20.8. The van der Waals surface area contributed by atoms with Crippen LogP contribution in [0, 0.1) is 11.5 Å². The number of rotatable bonds is 0. The van der Waals surface area contributed by atoms with Crippen molar-refractivity contribution >= 4 is 6.02 Å². The molecule has 0 unspecified atom stereocenters. The van der Waals surface area contributed by atoms with Gasteiger partial charge < -0.3 is 9.64 Å². The average molecular weight is 167 g/mol. The van der Waals surface area contributed by atoms with E-state index in [2.05, 4.69) is 25.8 Å². The minimum atomic E-state index is -0.0216. The zero-order chi connectivity index (χ0) is 9.19. The van der Waals surface area contributed by atoms with Gasteiger partial charge >= 0.3 is 6.02 Å². The molecule has 0 aromatic heterocycles. The van der Waals surface area contributed by atoms with Crippen LogP contribution in [-0.4, -0.2) is 29.6 Å². The van der Waals surface area contributed by atoms with Crippen LogP contribution in [0.4, 0.5) is 0 Å². The Labute approximate surface area is 72.4 Å². The first-order valence-electron chi connectivity index (χ1n) is 3.93. The molecule has 1 heterocycles. The number of aliphatic imine (C=N–C) groups is 1. The maximum atomic E-state index is 8.37. The molecule has 1 aliphatic rings. The van der Waals surface area contributed by atoms with Crippen molar-refractivity contribution in [2.24, 2.45) is 4.99 Å². The van der Waals surface area contributed by atoms with Crippen LogP contribution in [0.15, 0.2) is 4.99 Å². The van der Waals surface area contributed by atoms with Gasteiger partial charge in [0.15, 0.2) is 0 Å². The Kier molecular flexibility index (Phi) is 2.22. The van der Waals surface area contributed by atoms with Gasteiger partial charge in [-0.3, -0.25) is 0 Å². The second kappa shape index (κ2) is 3.02. The highest BCUT2D eigenvalue weighted by molar-refractivity contribution is 5.77. The first-order valence-corrected chi connectivity index (χ1v) is 3.93. The monoisotopic (exact) mass is 167 g/mol. The molecule has 0 atom stereocenters. The summed E-state index contributed by atoms with van der Waals surface area (Å²) in [5, 5.41) is 8.37. The molecule has 0 N–H and O–H groups in total. The highest BCUT2D eigenvalue weighted by Gasteiger charge is 2.30. The second-order valence-electron chi connectivity index (χ2n) is 3.67. The molecule has 0 aliphatic carbocycles. The zero-order valence-electron chi connectivity index (χ0n) is 7.66. The van der Waals surface area contributed by atoms with Gasteiger partial charge in [-0.25, -0.2) is 0 Å². The zero-order valence-corrected chi connectivity index (χ0v) is 7.66. The molecule has 0 bridgehead atoms. The molecule has 4 nitrogen and oxygen atoms in total. The maximum absolute atomic E-state index is 8.37. The van der Waals surface area contributed by atoms with E-state index < -0.39 is 0 Å². The number of amidine groups is 1. The number of nitriles is 1. The number of hydrogen-bond donors (Lipinski definition) is 0. The van der Waals surface area contributed by atoms with Gasteiger partial charge in [0, 0.05) is 5.54 Å². The Morgan fingerprint density at radius 3 is 2.75 bits per heavy atom. The van der Waals surface area contributed by atoms with Crippen LogP contribution in [-0.2, 0) is 4.74 Å². The fraction of sp³-hybridized carbons (Fsp3) is 0.750. The van der Waals surface area contributed by atoms with E-state index >= 15 is 0 Å². The third kappa shape index (κ3) is 1.67. The van der Waals surface area contributed by atoms with Crippen LogP contribution in [0.1, 0.15) is 20.8 Å². The van der Waals surface area contributed by atoms with Gasteiger partial charge in [0.25, 0.3) is 0 Å². The molecule has 0 saturated carbocycles. The van der Waals surface area contributed by atoms with Crippen molar-refractivity contribution in [1.82, 2.24) is 4.90 Å². The Hall–Kier alpha value is -1.24. The topological polar surface area (TPSA) is 48.6 Å². The fourth-order valence-corrected chi connectivity index (χ4v) is 1.16. The van der Waals surface area contributed by atoms with Gasteiger partial charge in [0.05, 0.1) is 6.54 Å². The quantitative estimate of drug-likeness (QED) is 0.505. The van der Waals surface area contributed by atoms with Crippen molar-refractivity contribution in [3.05, 3.63) is 0 Å². The van der Waals surface area contributed by atoms with Crippen molar-refractivity contribution in [1.29, 1.82) is 5.26 Å². The van der Waals surface area contributed by atoms with Crippen molar-refractivity contribution in [2.45, 2.75) is 26.3 Å². The Morgan fingerprint density at radius 2 is 2.25 bits per heavy atom. The van der Waals surface area contributed by atoms with Crippen molar-refractivity contribution in [3.8, 4) is 6.19 Å². The van der Waals surface area contributed by atoms with Crippen LogP contribution in [0.25, 0.3) is 0 Å². The molecule has 4 heteroatoms. The second-order valence-corrected chi connectivity index (χ2v) is 3.67. The van der Waals surface area contributed by atoms with Crippen molar-refractivity contribution in [2.75, 3.05) is 13.2 Å². The summed E-state index contributed by atoms with van der Waals surface area (Å²) in [6.45, 7) is 7.62. The molecule has 0 aromatic carbocycles. The van der Waals surface area contributed by atoms with E-state index in [1.165, 1.54) is 0 Å². The predicted octanol–water partition coefficient (Wildman–Crippen LogP) is 0.954. The fourth-order valence-electron chi connectivity index (χ4n) is 1.16. The van der Waals surface area contributed by atoms with Crippen LogP contribution in [0.5, 0.6) is 0 Å². The SMILES string of the molecule is CC(C)(C)N1CCO/C1=N\C#N. The van der Waals surface area contributed by atoms with Crippen molar-refractivity contribution in [3.63, 3.8) is 0 Å². The number of nitrogens with zero attached hydrogens (tertiary/aromatic N) is 3. The molecule has 0 radical (unpaired) electrons. The van der Waals surface area contributed by atoms with Gasteiger partial charge in [-0.1, -0.05) is 0 Å². The lowest BCUT2D eigenvalue weighted by atomic mass is 10.1. The number of ether oxygens (including phenoxy) is 1. The van der Waals surface area contributed by atoms with E-state index in [1.807, 2.05) is 4.90 Å². The molecule has 0 spiro atoms. The molecule has 66 valence electrons. The van der Waals surface area contributed by atoms with Gasteiger partial charge in [0.2, 0.25) is 6.19 Å². The third-order valence-corrected chi connectivity index (χ3v) is 1.73. The first kappa shape index (κ1) is 8.85. The summed E-state index contributed by atoms with van der Waals surface area (Å²) >= 11 is 0. The summed E-state index contributed by atoms with van der Waals surface area (Å²) in [6.07, 6.45) is 1.73. The first-order chi connectivity index (χ1) is 5.55. The molecule has 1 fully saturated rings. The van der Waals surface area contributed by atoms with Crippen LogP contribution >= 0.6 is 0 Å². The van der Waals surface area contributed by atoms with E-state index in [1.54, 1.807) is 6.19 Å². The van der Waals surface area contributed by atoms with E-state index in [-0.39, 0.29) is 5.54 Å². The van der Waals surface area contributed by atoms with Gasteiger partial charge in [-0.2, -0.15) is 5.26 Å². The standard InChI is InChI=1S/C8H13N3O/c1-8(2,3)11-4-5-12-7(11)10-6-9/h4-5H2,1-3H3/b10-7-. The van der Waals surface area contributed by atoms with E-state index in [0.29, 0.717) is 12.6 Å². The summed E-state index contributed by atoms with van der Waals surface area (Å²) in [5.74, 6) is 0. The molecular weight excluding hydrogens is 154 g/mol. The highest BCUT2D eigenvalue weighted by atomic mass is 16.5. The van der Waals surface area contributed by atoms with Gasteiger partial charge in [0.1, 0.15) is 6.61 Å². The van der Waals surface area contributed by atoms with E-state index in [9.17, 15) is 0 Å². The number of hydrogen-bond acceptors (Lipinski definition) is 3. The summed E-state index contributed by atoms with van der Waals surface area (Å²) in [4.78, 5) is 5.58. The Balaban J connectivity index is 2.79. The Bertz CT molecular complexity index is 234. The summed E-state index contributed by atoms with van der Waals surface area (Å²) < 4.78 is 5.19. The largest absolute Gasteiger partial charge is 0.463 e. The maximum Gasteiger partial charge on any atom is 0.303 e. The highest BCUT2D eigenvalue weighted by Crippen LogP contribution is 2.17. The smallest absolute Gasteiger partial charge is 0.303 e. The molecule has 1 rings (SSSR count). The lowest BCUT2D eigenvalue weighted by Gasteiger charge is -2.30. The predicted molar refractivity (Wildman–Crippen MR) is 45.5 cm³/mol. The van der Waals surface area contributed by atoms with Crippen LogP contribution in [0.2, 0.25) is 0 Å². The van der Waals surface area contributed by atoms with Crippen LogP contribution in [0.3, 0.4) is 0 Å². The third-order valence-electron chi connectivity index (χ3n) is 1.73. The Morgan fingerprint density at radius 1 is 1.58 bits per heavy atom. The molecule has 1 saturated heterocycles. The van der Waals surface area contributed by atoms with E-state index in [0.717, 1.165) is 6.54 Å². The minimum absolute atomic E-state index is 0.0216. The summed E-state index contributed by atoms with van der Waals surface area (Å²) in [5.41, 5.74) is -0.0216. The van der Waals surface area contributed by atoms with Crippen molar-refractivity contribution < 1.29 is 4.74 Å². The summed E-state index contributed by atoms with van der Waals surface area (Å²) in [6, 6.07) is 0.449. The lowest BCUT2D eigenvalue weighted by molar-refractivity contribution is 0.257. The molecule has 0 aromatic rings. The minimum Gasteiger partial charge on any atom is -0.463 e. The molecule has 12 heavy (non-hydrogen) atoms. The lowest BCUT2D eigenvalue weighted by Crippen LogP contribution is -2.42. The summed E-state index contributed by atoms with van der Waals surface area (Å²) in [7, 11) is 0. The average Bonchev–Trinajstić information content (AvgIpc) is 2.34. The van der Waals surface area contributed by atoms with Crippen LogP contribution < -0.4 is 0 Å².